The quantitative estimate of drug-likeness (QED) is 0.909. The summed E-state index contributed by atoms with van der Waals surface area (Å²) in [5, 5.41) is 17.1. The van der Waals surface area contributed by atoms with Crippen molar-refractivity contribution in [2.45, 2.75) is 39.3 Å². The molecule has 6 heteroatoms. The van der Waals surface area contributed by atoms with Crippen molar-refractivity contribution in [1.82, 2.24) is 14.7 Å². The number of likely N-dealkylation sites (tertiary alicyclic amines) is 1. The van der Waals surface area contributed by atoms with E-state index in [-0.39, 0.29) is 6.03 Å². The molecular formula is C18H24N4O2. The van der Waals surface area contributed by atoms with Gasteiger partial charge in [0.25, 0.3) is 0 Å². The van der Waals surface area contributed by atoms with E-state index in [1.165, 1.54) is 0 Å². The molecule has 0 saturated carbocycles. The fourth-order valence-corrected chi connectivity index (χ4v) is 3.10. The summed E-state index contributed by atoms with van der Waals surface area (Å²) in [5.74, 6) is 0. The van der Waals surface area contributed by atoms with Crippen molar-refractivity contribution < 1.29 is 9.90 Å². The van der Waals surface area contributed by atoms with Crippen LogP contribution in [0.5, 0.6) is 0 Å². The predicted octanol–water partition coefficient (Wildman–Crippen LogP) is 2.54. The lowest BCUT2D eigenvalue weighted by Crippen LogP contribution is -2.44. The van der Waals surface area contributed by atoms with Gasteiger partial charge in [0.1, 0.15) is 0 Å². The summed E-state index contributed by atoms with van der Waals surface area (Å²) in [5.41, 5.74) is 3.96. The van der Waals surface area contributed by atoms with E-state index in [9.17, 15) is 9.90 Å². The number of nitrogens with zero attached hydrogens (tertiary/aromatic N) is 3. The van der Waals surface area contributed by atoms with Gasteiger partial charge in [0, 0.05) is 24.5 Å². The Labute approximate surface area is 142 Å². The molecule has 2 amide bonds. The number of amides is 2. The second-order valence-corrected chi connectivity index (χ2v) is 6.46. The first-order valence-corrected chi connectivity index (χ1v) is 8.35. The highest BCUT2D eigenvalue weighted by molar-refractivity contribution is 5.89. The second-order valence-electron chi connectivity index (χ2n) is 6.46. The number of piperidine rings is 1. The van der Waals surface area contributed by atoms with Gasteiger partial charge in [-0.2, -0.15) is 5.10 Å². The van der Waals surface area contributed by atoms with Crippen LogP contribution < -0.4 is 5.32 Å². The van der Waals surface area contributed by atoms with Crippen LogP contribution in [0.15, 0.2) is 30.3 Å². The van der Waals surface area contributed by atoms with Crippen molar-refractivity contribution in [2.24, 2.45) is 0 Å². The van der Waals surface area contributed by atoms with Crippen LogP contribution in [0.3, 0.4) is 0 Å². The van der Waals surface area contributed by atoms with Crippen LogP contribution in [0.1, 0.15) is 29.8 Å². The SMILES string of the molecule is Cc1cc(C)n(Cc2cccc(NC(=O)N3CCCC(O)C3)c2)n1. The number of aromatic nitrogens is 2. The Hall–Kier alpha value is -2.34. The number of rotatable bonds is 3. The molecule has 0 bridgehead atoms. The van der Waals surface area contributed by atoms with E-state index in [1.807, 2.05) is 48.9 Å². The highest BCUT2D eigenvalue weighted by Gasteiger charge is 2.22. The molecule has 2 heterocycles. The van der Waals surface area contributed by atoms with E-state index in [4.69, 9.17) is 0 Å². The van der Waals surface area contributed by atoms with Crippen LogP contribution in [-0.4, -0.2) is 45.0 Å². The van der Waals surface area contributed by atoms with Crippen LogP contribution in [0.4, 0.5) is 10.5 Å². The number of aliphatic hydroxyl groups excluding tert-OH is 1. The molecule has 2 N–H and O–H groups in total. The monoisotopic (exact) mass is 328 g/mol. The molecule has 0 radical (unpaired) electrons. The van der Waals surface area contributed by atoms with Crippen molar-refractivity contribution in [3.8, 4) is 0 Å². The first-order chi connectivity index (χ1) is 11.5. The van der Waals surface area contributed by atoms with Crippen LogP contribution in [-0.2, 0) is 6.54 Å². The Balaban J connectivity index is 1.66. The van der Waals surface area contributed by atoms with Gasteiger partial charge in [0.2, 0.25) is 0 Å². The Morgan fingerprint density at radius 1 is 1.38 bits per heavy atom. The van der Waals surface area contributed by atoms with Crippen LogP contribution >= 0.6 is 0 Å². The lowest BCUT2D eigenvalue weighted by atomic mass is 10.1. The highest BCUT2D eigenvalue weighted by Crippen LogP contribution is 2.16. The number of benzene rings is 1. The van der Waals surface area contributed by atoms with Crippen molar-refractivity contribution >= 4 is 11.7 Å². The number of nitrogens with one attached hydrogen (secondary N) is 1. The minimum absolute atomic E-state index is 0.156. The molecule has 2 aromatic rings. The third-order valence-corrected chi connectivity index (χ3v) is 4.30. The van der Waals surface area contributed by atoms with Gasteiger partial charge in [0.15, 0.2) is 0 Å². The minimum Gasteiger partial charge on any atom is -0.391 e. The number of carbonyl (C=O) groups excluding carboxylic acids is 1. The van der Waals surface area contributed by atoms with Gasteiger partial charge in [-0.15, -0.1) is 0 Å². The van der Waals surface area contributed by atoms with E-state index >= 15 is 0 Å². The molecule has 1 aromatic carbocycles. The van der Waals surface area contributed by atoms with E-state index < -0.39 is 6.10 Å². The molecule has 1 atom stereocenters. The Kier molecular flexibility index (Phi) is 4.85. The largest absolute Gasteiger partial charge is 0.391 e. The molecule has 1 aliphatic heterocycles. The number of aryl methyl sites for hydroxylation is 2. The van der Waals surface area contributed by atoms with E-state index in [1.54, 1.807) is 4.90 Å². The molecule has 1 fully saturated rings. The number of hydrogen-bond acceptors (Lipinski definition) is 3. The number of hydrogen-bond donors (Lipinski definition) is 2. The van der Waals surface area contributed by atoms with Gasteiger partial charge in [0.05, 0.1) is 18.3 Å². The maximum absolute atomic E-state index is 12.3. The number of urea groups is 1. The Bertz CT molecular complexity index is 726. The van der Waals surface area contributed by atoms with Crippen molar-refractivity contribution in [2.75, 3.05) is 18.4 Å². The summed E-state index contributed by atoms with van der Waals surface area (Å²) in [6.07, 6.45) is 1.19. The Morgan fingerprint density at radius 3 is 2.92 bits per heavy atom. The third kappa shape index (κ3) is 3.94. The number of β-amino-alcohol motifs (C(OH)–C–C–N with tert-alkyl or cyclic N) is 1. The summed E-state index contributed by atoms with van der Waals surface area (Å²) in [6, 6.07) is 9.70. The zero-order chi connectivity index (χ0) is 17.1. The van der Waals surface area contributed by atoms with Crippen molar-refractivity contribution in [3.63, 3.8) is 0 Å². The van der Waals surface area contributed by atoms with E-state index in [0.29, 0.717) is 19.6 Å². The summed E-state index contributed by atoms with van der Waals surface area (Å²) in [4.78, 5) is 14.0. The smallest absolute Gasteiger partial charge is 0.321 e. The average Bonchev–Trinajstić information content (AvgIpc) is 2.85. The minimum atomic E-state index is -0.415. The van der Waals surface area contributed by atoms with Gasteiger partial charge in [-0.25, -0.2) is 4.79 Å². The molecule has 0 aliphatic carbocycles. The van der Waals surface area contributed by atoms with Gasteiger partial charge >= 0.3 is 6.03 Å². The molecule has 0 spiro atoms. The molecular weight excluding hydrogens is 304 g/mol. The third-order valence-electron chi connectivity index (χ3n) is 4.30. The molecule has 24 heavy (non-hydrogen) atoms. The summed E-state index contributed by atoms with van der Waals surface area (Å²) in [7, 11) is 0. The molecule has 128 valence electrons. The second kappa shape index (κ2) is 7.05. The van der Waals surface area contributed by atoms with Crippen LogP contribution in [0.25, 0.3) is 0 Å². The average molecular weight is 328 g/mol. The first-order valence-electron chi connectivity index (χ1n) is 8.35. The van der Waals surface area contributed by atoms with Crippen molar-refractivity contribution in [1.29, 1.82) is 0 Å². The van der Waals surface area contributed by atoms with Crippen LogP contribution in [0, 0.1) is 13.8 Å². The first kappa shape index (κ1) is 16.5. The number of aliphatic hydroxyl groups is 1. The zero-order valence-corrected chi connectivity index (χ0v) is 14.2. The van der Waals surface area contributed by atoms with Gasteiger partial charge in [-0.1, -0.05) is 12.1 Å². The standard InChI is InChI=1S/C18H24N4O2/c1-13-9-14(2)22(20-13)11-15-5-3-6-16(10-15)19-18(24)21-8-4-7-17(23)12-21/h3,5-6,9-10,17,23H,4,7-8,11-12H2,1-2H3,(H,19,24). The van der Waals surface area contributed by atoms with Gasteiger partial charge in [-0.05, 0) is 50.5 Å². The molecule has 3 rings (SSSR count). The van der Waals surface area contributed by atoms with Gasteiger partial charge < -0.3 is 15.3 Å². The molecule has 6 nitrogen and oxygen atoms in total. The van der Waals surface area contributed by atoms with Crippen molar-refractivity contribution in [3.05, 3.63) is 47.3 Å². The Morgan fingerprint density at radius 2 is 2.21 bits per heavy atom. The summed E-state index contributed by atoms with van der Waals surface area (Å²) >= 11 is 0. The lowest BCUT2D eigenvalue weighted by Gasteiger charge is -2.30. The number of anilines is 1. The maximum atomic E-state index is 12.3. The summed E-state index contributed by atoms with van der Waals surface area (Å²) in [6.45, 7) is 5.78. The normalized spacial score (nSPS) is 17.8. The fourth-order valence-electron chi connectivity index (χ4n) is 3.10. The lowest BCUT2D eigenvalue weighted by molar-refractivity contribution is 0.0883. The predicted molar refractivity (Wildman–Crippen MR) is 93.1 cm³/mol. The molecule has 1 aromatic heterocycles. The zero-order valence-electron chi connectivity index (χ0n) is 14.2. The van der Waals surface area contributed by atoms with E-state index in [2.05, 4.69) is 10.4 Å². The summed E-state index contributed by atoms with van der Waals surface area (Å²) < 4.78 is 1.96. The van der Waals surface area contributed by atoms with E-state index in [0.717, 1.165) is 35.5 Å². The fraction of sp³-hybridized carbons (Fsp3) is 0.444. The topological polar surface area (TPSA) is 70.4 Å². The maximum Gasteiger partial charge on any atom is 0.321 e. The van der Waals surface area contributed by atoms with Gasteiger partial charge in [-0.3, -0.25) is 4.68 Å². The van der Waals surface area contributed by atoms with Crippen LogP contribution in [0.2, 0.25) is 0 Å². The molecule has 1 aliphatic rings. The molecule has 1 unspecified atom stereocenters. The highest BCUT2D eigenvalue weighted by atomic mass is 16.3. The molecule has 1 saturated heterocycles. The number of carbonyl (C=O) groups is 1.